The van der Waals surface area contributed by atoms with Gasteiger partial charge in [0.25, 0.3) is 0 Å². The van der Waals surface area contributed by atoms with Gasteiger partial charge in [-0.05, 0) is 12.2 Å². The Labute approximate surface area is 53.0 Å². The number of nitrogens with zero attached hydrogens (tertiary/aromatic N) is 1. The Hall–Kier alpha value is -0.900. The smallest absolute Gasteiger partial charge is 0.169 e. The Morgan fingerprint density at radius 1 is 0.778 bits per heavy atom. The SMILES string of the molecule is O[N+]1(O)C=CC=CC=C1. The van der Waals surface area contributed by atoms with Crippen LogP contribution in [0.1, 0.15) is 0 Å². The van der Waals surface area contributed by atoms with Crippen LogP contribution in [0.15, 0.2) is 36.7 Å². The van der Waals surface area contributed by atoms with Crippen LogP contribution in [-0.2, 0) is 0 Å². The molecule has 0 bridgehead atoms. The van der Waals surface area contributed by atoms with Crippen LogP contribution in [0.2, 0.25) is 0 Å². The molecule has 1 aliphatic rings. The molecule has 0 radical (unpaired) electrons. The Morgan fingerprint density at radius 3 is 1.67 bits per heavy atom. The molecule has 3 heteroatoms. The van der Waals surface area contributed by atoms with Crippen LogP contribution in [0.5, 0.6) is 0 Å². The van der Waals surface area contributed by atoms with Gasteiger partial charge in [0.1, 0.15) is 0 Å². The van der Waals surface area contributed by atoms with E-state index in [1.54, 1.807) is 24.3 Å². The Bertz CT molecular complexity index is 161. The van der Waals surface area contributed by atoms with Gasteiger partial charge in [-0.15, -0.1) is 0 Å². The molecule has 0 fully saturated rings. The zero-order chi connectivity index (χ0) is 6.74. The van der Waals surface area contributed by atoms with Crippen molar-refractivity contribution in [1.29, 1.82) is 0 Å². The van der Waals surface area contributed by atoms with Gasteiger partial charge < -0.3 is 0 Å². The molecule has 0 amide bonds. The molecule has 48 valence electrons. The lowest BCUT2D eigenvalue weighted by Gasteiger charge is -2.07. The van der Waals surface area contributed by atoms with E-state index in [1.165, 1.54) is 12.4 Å². The van der Waals surface area contributed by atoms with Crippen molar-refractivity contribution in [2.75, 3.05) is 0 Å². The number of hydroxylamine groups is 4. The number of quaternary nitrogens is 1. The van der Waals surface area contributed by atoms with Crippen LogP contribution in [0.25, 0.3) is 0 Å². The predicted octanol–water partition coefficient (Wildman–Crippen LogP) is 1.18. The molecule has 0 aromatic heterocycles. The molecule has 0 atom stereocenters. The first kappa shape index (κ1) is 6.22. The minimum absolute atomic E-state index is 1.17. The van der Waals surface area contributed by atoms with Crippen molar-refractivity contribution < 1.29 is 15.2 Å². The second kappa shape index (κ2) is 2.14. The van der Waals surface area contributed by atoms with E-state index in [-0.39, 0.29) is 0 Å². The van der Waals surface area contributed by atoms with E-state index >= 15 is 0 Å². The summed E-state index contributed by atoms with van der Waals surface area (Å²) in [6.45, 7) is 0. The van der Waals surface area contributed by atoms with Crippen molar-refractivity contribution in [2.24, 2.45) is 0 Å². The average molecular weight is 126 g/mol. The molecule has 1 heterocycles. The van der Waals surface area contributed by atoms with Gasteiger partial charge in [0.2, 0.25) is 0 Å². The molecule has 0 saturated heterocycles. The van der Waals surface area contributed by atoms with Crippen LogP contribution in [0, 0.1) is 0 Å². The lowest BCUT2D eigenvalue weighted by Crippen LogP contribution is -2.27. The van der Waals surface area contributed by atoms with Gasteiger partial charge in [0.05, 0.1) is 0 Å². The summed E-state index contributed by atoms with van der Waals surface area (Å²) < 4.78 is 0. The molecule has 0 spiro atoms. The van der Waals surface area contributed by atoms with E-state index in [0.717, 1.165) is 0 Å². The highest BCUT2D eigenvalue weighted by atomic mass is 16.8. The quantitative estimate of drug-likeness (QED) is 0.478. The highest BCUT2D eigenvalue weighted by Gasteiger charge is 2.13. The first-order valence-electron chi connectivity index (χ1n) is 2.58. The Balaban J connectivity index is 2.82. The zero-order valence-electron chi connectivity index (χ0n) is 4.81. The van der Waals surface area contributed by atoms with Crippen LogP contribution >= 0.6 is 0 Å². The fraction of sp³-hybridized carbons (Fsp3) is 0. The van der Waals surface area contributed by atoms with Crippen LogP contribution in [-0.4, -0.2) is 15.2 Å². The first-order chi connectivity index (χ1) is 4.21. The number of allylic oxidation sites excluding steroid dienone is 4. The molecule has 0 aliphatic carbocycles. The standard InChI is InChI=1S/C6H8NO2/c8-7(9)5-3-1-2-4-6-7/h1-6,8-9H/q+1. The second-order valence-corrected chi connectivity index (χ2v) is 1.77. The average Bonchev–Trinajstić information content (AvgIpc) is 1.92. The fourth-order valence-electron chi connectivity index (χ4n) is 0.531. The second-order valence-electron chi connectivity index (χ2n) is 1.77. The van der Waals surface area contributed by atoms with Gasteiger partial charge in [-0.25, -0.2) is 0 Å². The monoisotopic (exact) mass is 126 g/mol. The molecule has 0 saturated carbocycles. The molecule has 2 N–H and O–H groups in total. The third-order valence-electron chi connectivity index (χ3n) is 0.944. The van der Waals surface area contributed by atoms with E-state index in [2.05, 4.69) is 0 Å². The molecule has 0 aromatic carbocycles. The minimum atomic E-state index is -1.17. The lowest BCUT2D eigenvalue weighted by molar-refractivity contribution is -1.18. The van der Waals surface area contributed by atoms with Crippen molar-refractivity contribution in [3.63, 3.8) is 0 Å². The predicted molar refractivity (Wildman–Crippen MR) is 31.3 cm³/mol. The largest absolute Gasteiger partial charge is 0.172 e. The van der Waals surface area contributed by atoms with Gasteiger partial charge in [0, 0.05) is 4.81 Å². The molecule has 1 aliphatic heterocycles. The number of rotatable bonds is 0. The topological polar surface area (TPSA) is 40.5 Å². The van der Waals surface area contributed by atoms with Gasteiger partial charge in [-0.1, -0.05) is 12.2 Å². The molecule has 0 aromatic rings. The molecule has 3 nitrogen and oxygen atoms in total. The molecular formula is C6H8NO2+. The van der Waals surface area contributed by atoms with E-state index in [1.807, 2.05) is 0 Å². The normalized spacial score (nSPS) is 22.0. The Morgan fingerprint density at radius 2 is 1.22 bits per heavy atom. The summed E-state index contributed by atoms with van der Waals surface area (Å²) in [6, 6.07) is 0. The molecule has 9 heavy (non-hydrogen) atoms. The fourth-order valence-corrected chi connectivity index (χ4v) is 0.531. The highest BCUT2D eigenvalue weighted by molar-refractivity contribution is 5.10. The van der Waals surface area contributed by atoms with Crippen LogP contribution in [0.4, 0.5) is 0 Å². The third-order valence-corrected chi connectivity index (χ3v) is 0.944. The minimum Gasteiger partial charge on any atom is -0.172 e. The van der Waals surface area contributed by atoms with Crippen molar-refractivity contribution in [1.82, 2.24) is 0 Å². The van der Waals surface area contributed by atoms with Gasteiger partial charge in [0.15, 0.2) is 12.4 Å². The zero-order valence-corrected chi connectivity index (χ0v) is 4.81. The van der Waals surface area contributed by atoms with E-state index in [4.69, 9.17) is 10.4 Å². The molecule has 1 rings (SSSR count). The van der Waals surface area contributed by atoms with Crippen LogP contribution in [0.3, 0.4) is 0 Å². The van der Waals surface area contributed by atoms with Gasteiger partial charge >= 0.3 is 0 Å². The van der Waals surface area contributed by atoms with Gasteiger partial charge in [-0.3, -0.25) is 0 Å². The van der Waals surface area contributed by atoms with Crippen molar-refractivity contribution >= 4 is 0 Å². The van der Waals surface area contributed by atoms with Crippen molar-refractivity contribution in [3.05, 3.63) is 36.7 Å². The maximum Gasteiger partial charge on any atom is 0.169 e. The molecule has 0 unspecified atom stereocenters. The number of hydrogen-bond acceptors (Lipinski definition) is 2. The summed E-state index contributed by atoms with van der Waals surface area (Å²) in [5, 5.41) is 17.7. The highest BCUT2D eigenvalue weighted by Crippen LogP contribution is 2.02. The number of hydrogen-bond donors (Lipinski definition) is 2. The van der Waals surface area contributed by atoms with Crippen molar-refractivity contribution in [3.8, 4) is 0 Å². The van der Waals surface area contributed by atoms with E-state index in [9.17, 15) is 0 Å². The summed E-state index contributed by atoms with van der Waals surface area (Å²) in [5.74, 6) is 0. The summed E-state index contributed by atoms with van der Waals surface area (Å²) in [6.07, 6.45) is 9.01. The summed E-state index contributed by atoms with van der Waals surface area (Å²) in [4.78, 5) is -1.17. The van der Waals surface area contributed by atoms with Crippen molar-refractivity contribution in [2.45, 2.75) is 0 Å². The third kappa shape index (κ3) is 1.81. The maximum atomic E-state index is 8.83. The summed E-state index contributed by atoms with van der Waals surface area (Å²) in [7, 11) is 0. The molecular weight excluding hydrogens is 118 g/mol. The summed E-state index contributed by atoms with van der Waals surface area (Å²) in [5.41, 5.74) is 0. The Kier molecular flexibility index (Phi) is 1.48. The lowest BCUT2D eigenvalue weighted by atomic mass is 10.5. The van der Waals surface area contributed by atoms with E-state index in [0.29, 0.717) is 0 Å². The summed E-state index contributed by atoms with van der Waals surface area (Å²) >= 11 is 0. The first-order valence-corrected chi connectivity index (χ1v) is 2.58. The van der Waals surface area contributed by atoms with E-state index < -0.39 is 4.81 Å². The maximum absolute atomic E-state index is 8.83. The van der Waals surface area contributed by atoms with Crippen LogP contribution < -0.4 is 0 Å². The van der Waals surface area contributed by atoms with Gasteiger partial charge in [-0.2, -0.15) is 10.4 Å².